The van der Waals surface area contributed by atoms with Crippen LogP contribution in [0, 0.1) is 5.82 Å². The first-order valence-corrected chi connectivity index (χ1v) is 9.65. The standard InChI is InChI=1S/C22H21FN4O3/c23-17-6-4-16(5-7-17)15-30-20-14-25-18(13-19(20)28)22(29)27-11-9-26(10-12-27)21-3-1-2-8-24-21/h1-8,13-14H,9-12,15H2,(H,25,28). The summed E-state index contributed by atoms with van der Waals surface area (Å²) in [4.78, 5) is 36.1. The smallest absolute Gasteiger partial charge is 0.270 e. The second-order valence-electron chi connectivity index (χ2n) is 6.96. The number of anilines is 1. The average Bonchev–Trinajstić information content (AvgIpc) is 2.79. The molecule has 30 heavy (non-hydrogen) atoms. The first-order valence-electron chi connectivity index (χ1n) is 9.65. The third-order valence-electron chi connectivity index (χ3n) is 4.96. The van der Waals surface area contributed by atoms with Gasteiger partial charge in [-0.05, 0) is 29.8 Å². The van der Waals surface area contributed by atoms with Crippen LogP contribution in [0.3, 0.4) is 0 Å². The lowest BCUT2D eigenvalue weighted by Crippen LogP contribution is -2.49. The molecule has 0 unspecified atom stereocenters. The van der Waals surface area contributed by atoms with Crippen LogP contribution < -0.4 is 15.1 Å². The molecule has 1 aliphatic heterocycles. The molecule has 1 aromatic carbocycles. The molecule has 1 aliphatic rings. The number of aromatic nitrogens is 2. The van der Waals surface area contributed by atoms with Gasteiger partial charge in [-0.25, -0.2) is 9.37 Å². The average molecular weight is 408 g/mol. The minimum absolute atomic E-state index is 0.107. The topological polar surface area (TPSA) is 78.5 Å². The summed E-state index contributed by atoms with van der Waals surface area (Å²) in [5.74, 6) is 0.440. The van der Waals surface area contributed by atoms with Gasteiger partial charge in [0.15, 0.2) is 5.75 Å². The molecule has 3 heterocycles. The van der Waals surface area contributed by atoms with Crippen molar-refractivity contribution in [2.45, 2.75) is 6.61 Å². The van der Waals surface area contributed by atoms with Gasteiger partial charge in [0.1, 0.15) is 23.9 Å². The molecule has 0 aliphatic carbocycles. The Bertz CT molecular complexity index is 1060. The van der Waals surface area contributed by atoms with E-state index in [1.54, 1.807) is 23.2 Å². The zero-order chi connectivity index (χ0) is 20.9. The monoisotopic (exact) mass is 408 g/mol. The maximum absolute atomic E-state index is 13.0. The van der Waals surface area contributed by atoms with Gasteiger partial charge in [-0.3, -0.25) is 9.59 Å². The van der Waals surface area contributed by atoms with E-state index in [1.807, 2.05) is 18.2 Å². The highest BCUT2D eigenvalue weighted by molar-refractivity contribution is 5.92. The zero-order valence-electron chi connectivity index (χ0n) is 16.3. The van der Waals surface area contributed by atoms with Gasteiger partial charge in [-0.15, -0.1) is 0 Å². The molecule has 0 saturated carbocycles. The number of amides is 1. The van der Waals surface area contributed by atoms with Crippen LogP contribution in [0.25, 0.3) is 0 Å². The summed E-state index contributed by atoms with van der Waals surface area (Å²) in [5.41, 5.74) is 0.577. The number of nitrogens with zero attached hydrogens (tertiary/aromatic N) is 3. The number of benzene rings is 1. The number of carbonyl (C=O) groups excluding carboxylic acids is 1. The number of piperazine rings is 1. The Morgan fingerprint density at radius 1 is 1.10 bits per heavy atom. The van der Waals surface area contributed by atoms with Gasteiger partial charge < -0.3 is 19.5 Å². The first kappa shape index (κ1) is 19.6. The molecular weight excluding hydrogens is 387 g/mol. The summed E-state index contributed by atoms with van der Waals surface area (Å²) in [5, 5.41) is 0. The summed E-state index contributed by atoms with van der Waals surface area (Å²) in [6.45, 7) is 2.56. The number of rotatable bonds is 5. The zero-order valence-corrected chi connectivity index (χ0v) is 16.3. The molecule has 1 N–H and O–H groups in total. The fraction of sp³-hybridized carbons (Fsp3) is 0.227. The van der Waals surface area contributed by atoms with E-state index >= 15 is 0 Å². The minimum atomic E-state index is -0.383. The SMILES string of the molecule is O=C(c1cc(=O)c(OCc2ccc(F)cc2)c[nH]1)N1CCN(c2ccccn2)CC1. The summed E-state index contributed by atoms with van der Waals surface area (Å²) in [6.07, 6.45) is 3.14. The highest BCUT2D eigenvalue weighted by Crippen LogP contribution is 2.14. The Hall–Kier alpha value is -3.68. The van der Waals surface area contributed by atoms with Crippen molar-refractivity contribution in [1.29, 1.82) is 0 Å². The summed E-state index contributed by atoms with van der Waals surface area (Å²) < 4.78 is 18.5. The van der Waals surface area contributed by atoms with Gasteiger partial charge in [0.05, 0.1) is 0 Å². The van der Waals surface area contributed by atoms with Crippen LogP contribution in [0.15, 0.2) is 65.7 Å². The molecule has 0 bridgehead atoms. The summed E-state index contributed by atoms with van der Waals surface area (Å²) in [6, 6.07) is 12.8. The molecule has 1 saturated heterocycles. The second kappa shape index (κ2) is 8.77. The molecule has 7 nitrogen and oxygen atoms in total. The van der Waals surface area contributed by atoms with Crippen molar-refractivity contribution in [2.75, 3.05) is 31.1 Å². The number of carbonyl (C=O) groups is 1. The first-order chi connectivity index (χ1) is 14.6. The van der Waals surface area contributed by atoms with E-state index in [0.717, 1.165) is 11.4 Å². The van der Waals surface area contributed by atoms with Gasteiger partial charge >= 0.3 is 0 Å². The lowest BCUT2D eigenvalue weighted by molar-refractivity contribution is 0.0740. The number of pyridine rings is 2. The van der Waals surface area contributed by atoms with E-state index in [4.69, 9.17) is 4.74 Å². The molecule has 8 heteroatoms. The third kappa shape index (κ3) is 4.48. The Morgan fingerprint density at radius 2 is 1.87 bits per heavy atom. The highest BCUT2D eigenvalue weighted by atomic mass is 19.1. The fourth-order valence-corrected chi connectivity index (χ4v) is 3.29. The second-order valence-corrected chi connectivity index (χ2v) is 6.96. The van der Waals surface area contributed by atoms with Gasteiger partial charge in [0, 0.05) is 44.6 Å². The van der Waals surface area contributed by atoms with Crippen molar-refractivity contribution in [3.05, 3.63) is 88.2 Å². The maximum Gasteiger partial charge on any atom is 0.270 e. The van der Waals surface area contributed by atoms with Crippen LogP contribution in [0.4, 0.5) is 10.2 Å². The molecule has 1 fully saturated rings. The van der Waals surface area contributed by atoms with Crippen LogP contribution in [0.2, 0.25) is 0 Å². The Labute approximate surface area is 172 Å². The van der Waals surface area contributed by atoms with Gasteiger partial charge in [0.2, 0.25) is 5.43 Å². The molecular formula is C22H21FN4O3. The maximum atomic E-state index is 13.0. The van der Waals surface area contributed by atoms with Gasteiger partial charge in [0.25, 0.3) is 5.91 Å². The van der Waals surface area contributed by atoms with Gasteiger partial charge in [-0.2, -0.15) is 0 Å². The van der Waals surface area contributed by atoms with Crippen molar-refractivity contribution >= 4 is 11.7 Å². The normalized spacial score (nSPS) is 13.9. The van der Waals surface area contributed by atoms with Crippen LogP contribution >= 0.6 is 0 Å². The van der Waals surface area contributed by atoms with Crippen molar-refractivity contribution in [3.8, 4) is 5.75 Å². The molecule has 154 valence electrons. The van der Waals surface area contributed by atoms with E-state index in [1.165, 1.54) is 24.4 Å². The predicted molar refractivity (Wildman–Crippen MR) is 110 cm³/mol. The molecule has 0 atom stereocenters. The lowest BCUT2D eigenvalue weighted by Gasteiger charge is -2.35. The summed E-state index contributed by atoms with van der Waals surface area (Å²) >= 11 is 0. The van der Waals surface area contributed by atoms with E-state index in [-0.39, 0.29) is 35.2 Å². The number of H-pyrrole nitrogens is 1. The molecule has 2 aromatic heterocycles. The Balaban J connectivity index is 1.36. The van der Waals surface area contributed by atoms with Gasteiger partial charge in [-0.1, -0.05) is 18.2 Å². The third-order valence-corrected chi connectivity index (χ3v) is 4.96. The van der Waals surface area contributed by atoms with Crippen molar-refractivity contribution in [3.63, 3.8) is 0 Å². The van der Waals surface area contributed by atoms with E-state index in [0.29, 0.717) is 26.2 Å². The number of nitrogens with one attached hydrogen (secondary N) is 1. The van der Waals surface area contributed by atoms with Crippen molar-refractivity contribution < 1.29 is 13.9 Å². The van der Waals surface area contributed by atoms with Crippen LogP contribution in [0.1, 0.15) is 16.1 Å². The van der Waals surface area contributed by atoms with Crippen LogP contribution in [-0.2, 0) is 6.61 Å². The summed E-state index contributed by atoms with van der Waals surface area (Å²) in [7, 11) is 0. The van der Waals surface area contributed by atoms with Crippen molar-refractivity contribution in [1.82, 2.24) is 14.9 Å². The quantitative estimate of drug-likeness (QED) is 0.702. The lowest BCUT2D eigenvalue weighted by atomic mass is 10.2. The molecule has 0 spiro atoms. The minimum Gasteiger partial charge on any atom is -0.483 e. The number of hydrogen-bond acceptors (Lipinski definition) is 5. The molecule has 3 aromatic rings. The fourth-order valence-electron chi connectivity index (χ4n) is 3.29. The molecule has 1 amide bonds. The Morgan fingerprint density at radius 3 is 2.53 bits per heavy atom. The van der Waals surface area contributed by atoms with E-state index in [9.17, 15) is 14.0 Å². The number of ether oxygens (including phenoxy) is 1. The Kier molecular flexibility index (Phi) is 5.74. The molecule has 4 rings (SSSR count). The largest absolute Gasteiger partial charge is 0.483 e. The highest BCUT2D eigenvalue weighted by Gasteiger charge is 2.23. The van der Waals surface area contributed by atoms with E-state index < -0.39 is 0 Å². The molecule has 0 radical (unpaired) electrons. The van der Waals surface area contributed by atoms with Crippen LogP contribution in [0.5, 0.6) is 5.75 Å². The van der Waals surface area contributed by atoms with E-state index in [2.05, 4.69) is 14.9 Å². The number of halogens is 1. The van der Waals surface area contributed by atoms with Crippen molar-refractivity contribution in [2.24, 2.45) is 0 Å². The predicted octanol–water partition coefficient (Wildman–Crippen LogP) is 2.45. The number of hydrogen-bond donors (Lipinski definition) is 1. The number of aromatic amines is 1. The van der Waals surface area contributed by atoms with Crippen LogP contribution in [-0.4, -0.2) is 47.0 Å².